The summed E-state index contributed by atoms with van der Waals surface area (Å²) in [5.74, 6) is -3.90. The van der Waals surface area contributed by atoms with Crippen molar-refractivity contribution in [2.24, 2.45) is 22.2 Å². The number of imidazole rings is 1. The fourth-order valence-electron chi connectivity index (χ4n) is 18.9. The number of aliphatic hydroxyl groups excluding tert-OH is 5. The Morgan fingerprint density at radius 1 is 0.813 bits per heavy atom. The molecule has 388 valence electrons. The third-order valence-corrected chi connectivity index (χ3v) is 21.9. The van der Waals surface area contributed by atoms with Gasteiger partial charge in [-0.25, -0.2) is 9.97 Å². The van der Waals surface area contributed by atoms with Crippen LogP contribution in [0.15, 0.2) is 60.1 Å². The molecule has 4 aliphatic heterocycles. The lowest BCUT2D eigenvalue weighted by atomic mass is 9.50. The van der Waals surface area contributed by atoms with Crippen LogP contribution in [-0.4, -0.2) is 111 Å². The number of H-pyrrole nitrogens is 2. The number of ether oxygens (including phenoxy) is 2. The highest BCUT2D eigenvalue weighted by Gasteiger charge is 2.76. The van der Waals surface area contributed by atoms with E-state index in [0.29, 0.717) is 70.6 Å². The molecule has 12 atom stereocenters. The molecule has 75 heavy (non-hydrogen) atoms. The van der Waals surface area contributed by atoms with E-state index in [-0.39, 0.29) is 51.6 Å². The molecule has 5 fully saturated rings. The van der Waals surface area contributed by atoms with Crippen LogP contribution in [0.3, 0.4) is 0 Å². The third kappa shape index (κ3) is 5.38. The summed E-state index contributed by atoms with van der Waals surface area (Å²) in [6.07, 6.45) is 11.5. The van der Waals surface area contributed by atoms with Crippen LogP contribution in [0.1, 0.15) is 174 Å². The Labute approximate surface area is 432 Å². The SMILES string of the molecule is Cc1cc(O)c2c(c1)C(=O)c1c(c3cc4c(nccc14)NCC(O)C14CCCC1c1cc(C56CCCCC5CCc5[nH]cnc56)[nH]c1C1=CC5(O3)OC3(C1=C4CC1(CCC4(CCCC4)C1)C3O)C(O)C(O)C5O)C2=O. The number of aromatic nitrogens is 4. The highest BCUT2D eigenvalue weighted by Crippen LogP contribution is 2.74. The number of aryl methyl sites for hydroxylation is 2. The number of nitrogens with zero attached hydrogens (tertiary/aromatic N) is 2. The van der Waals surface area contributed by atoms with Gasteiger partial charge in [-0.2, -0.15) is 0 Å². The van der Waals surface area contributed by atoms with Crippen LogP contribution < -0.4 is 10.1 Å². The van der Waals surface area contributed by atoms with Crippen molar-refractivity contribution < 1.29 is 49.7 Å². The predicted octanol–water partition coefficient (Wildman–Crippen LogP) is 7.37. The Morgan fingerprint density at radius 2 is 1.65 bits per heavy atom. The molecule has 12 unspecified atom stereocenters. The molecule has 0 amide bonds. The number of nitrogens with one attached hydrogen (secondary N) is 3. The third-order valence-electron chi connectivity index (χ3n) is 21.9. The van der Waals surface area contributed by atoms with Crippen molar-refractivity contribution in [3.8, 4) is 11.5 Å². The highest BCUT2D eigenvalue weighted by molar-refractivity contribution is 6.34. The van der Waals surface area contributed by atoms with E-state index in [1.54, 1.807) is 37.4 Å². The number of aromatic hydroxyl groups is 1. The second-order valence-electron chi connectivity index (χ2n) is 25.2. The molecule has 8 bridgehead atoms. The van der Waals surface area contributed by atoms with Crippen LogP contribution in [0.4, 0.5) is 5.82 Å². The minimum Gasteiger partial charge on any atom is -0.507 e. The largest absolute Gasteiger partial charge is 0.507 e. The molecule has 8 aliphatic carbocycles. The molecule has 5 aromatic rings. The number of hydrogen-bond acceptors (Lipinski definition) is 13. The van der Waals surface area contributed by atoms with Crippen molar-refractivity contribution in [3.63, 3.8) is 0 Å². The average molecular weight is 1010 g/mol. The maximum atomic E-state index is 15.3. The van der Waals surface area contributed by atoms with Gasteiger partial charge in [0.05, 0.1) is 40.8 Å². The topological polar surface area (TPSA) is 243 Å². The first-order chi connectivity index (χ1) is 36.2. The predicted molar refractivity (Wildman–Crippen MR) is 273 cm³/mol. The van der Waals surface area contributed by atoms with Gasteiger partial charge in [-0.05, 0) is 160 Å². The van der Waals surface area contributed by atoms with Gasteiger partial charge in [-0.1, -0.05) is 37.7 Å². The first kappa shape index (κ1) is 45.5. The van der Waals surface area contributed by atoms with Crippen LogP contribution in [-0.2, 0) is 16.6 Å². The van der Waals surface area contributed by atoms with Crippen molar-refractivity contribution in [2.75, 3.05) is 11.9 Å². The number of carbonyl (C=O) groups excluding carboxylic acids is 2. The van der Waals surface area contributed by atoms with Gasteiger partial charge in [0.25, 0.3) is 5.79 Å². The second kappa shape index (κ2) is 14.9. The van der Waals surface area contributed by atoms with Gasteiger partial charge < -0.3 is 55.4 Å². The van der Waals surface area contributed by atoms with Crippen molar-refractivity contribution in [1.29, 1.82) is 0 Å². The zero-order valence-corrected chi connectivity index (χ0v) is 42.1. The number of fused-ring (bicyclic) bond motifs is 10. The van der Waals surface area contributed by atoms with Crippen LogP contribution in [0.25, 0.3) is 16.3 Å². The number of phenolic OH excluding ortho intramolecular Hbond substituents is 1. The summed E-state index contributed by atoms with van der Waals surface area (Å²) in [6, 6.07) is 8.58. The summed E-state index contributed by atoms with van der Waals surface area (Å²) in [5.41, 5.74) is 2.49. The Hall–Kier alpha value is -5.68. The first-order valence-corrected chi connectivity index (χ1v) is 27.9. The maximum absolute atomic E-state index is 15.3. The summed E-state index contributed by atoms with van der Waals surface area (Å²) in [4.78, 5) is 47.9. The van der Waals surface area contributed by atoms with Gasteiger partial charge in [0.2, 0.25) is 5.78 Å². The number of anilines is 1. The van der Waals surface area contributed by atoms with Gasteiger partial charge >= 0.3 is 0 Å². The van der Waals surface area contributed by atoms with E-state index in [4.69, 9.17) is 19.4 Å². The van der Waals surface area contributed by atoms with E-state index in [2.05, 4.69) is 21.4 Å². The van der Waals surface area contributed by atoms with Crippen LogP contribution >= 0.6 is 0 Å². The molecule has 3 aromatic heterocycles. The molecular formula is C60H63N5O10. The molecule has 0 radical (unpaired) electrons. The van der Waals surface area contributed by atoms with E-state index < -0.39 is 69.7 Å². The summed E-state index contributed by atoms with van der Waals surface area (Å²) >= 11 is 0. The second-order valence-corrected chi connectivity index (χ2v) is 25.2. The van der Waals surface area contributed by atoms with Gasteiger partial charge in [0, 0.05) is 62.7 Å². The number of pyridine rings is 1. The lowest BCUT2D eigenvalue weighted by Crippen LogP contribution is -2.78. The van der Waals surface area contributed by atoms with Crippen molar-refractivity contribution >= 4 is 33.7 Å². The van der Waals surface area contributed by atoms with E-state index >= 15 is 9.59 Å². The molecule has 15 nitrogen and oxygen atoms in total. The number of benzene rings is 2. The fourth-order valence-corrected chi connectivity index (χ4v) is 18.9. The Morgan fingerprint density at radius 3 is 2.51 bits per heavy atom. The molecule has 12 aliphatic rings. The number of aliphatic hydroxyl groups is 5. The standard InChI is InChI=1S/C60H63N5O10/c1-28-19-33-42(38(66)20-28)48(69)44-39-21-31-30(43(44)47(33)68)11-18-61-53(31)62-25-41(67)58-15-6-8-35(58)32-22-40(57-14-3-2-7-29(57)9-10-37-50(57)64-27-63-37)65-46(32)34-23-59(74-39)51(71)49(70)52(72)60(75-59)45(34)36(58)24-56(54(60)73)17-16-55(26-56)12-4-5-13-55/h11,18-23,27,29,35,41,49,51-52,54,65-67,70-73H,2-10,12-17,24-26H2,1H3,(H,61,62)(H,63,64). The molecule has 5 spiro atoms. The molecule has 7 heterocycles. The molecule has 1 saturated heterocycles. The minimum absolute atomic E-state index is 0.00751. The van der Waals surface area contributed by atoms with Gasteiger partial charge in [0.1, 0.15) is 29.5 Å². The van der Waals surface area contributed by atoms with E-state index in [1.807, 2.05) is 6.33 Å². The molecule has 2 aromatic carbocycles. The lowest BCUT2D eigenvalue weighted by Gasteiger charge is -2.64. The van der Waals surface area contributed by atoms with Gasteiger partial charge in [-0.3, -0.25) is 9.59 Å². The van der Waals surface area contributed by atoms with E-state index in [9.17, 15) is 30.6 Å². The quantitative estimate of drug-likeness (QED) is 0.0783. The summed E-state index contributed by atoms with van der Waals surface area (Å²) < 4.78 is 14.8. The van der Waals surface area contributed by atoms with Crippen LogP contribution in [0.2, 0.25) is 0 Å². The van der Waals surface area contributed by atoms with Crippen molar-refractivity contribution in [3.05, 3.63) is 116 Å². The van der Waals surface area contributed by atoms with Crippen LogP contribution in [0, 0.1) is 29.1 Å². The maximum Gasteiger partial charge on any atom is 0.261 e. The summed E-state index contributed by atoms with van der Waals surface area (Å²) in [6.45, 7) is 1.75. The molecular weight excluding hydrogens is 951 g/mol. The number of ketones is 2. The monoisotopic (exact) mass is 1010 g/mol. The number of rotatable bonds is 1. The lowest BCUT2D eigenvalue weighted by molar-refractivity contribution is -0.366. The smallest absolute Gasteiger partial charge is 0.261 e. The number of hydrogen-bond donors (Lipinski definition) is 9. The average Bonchev–Trinajstić information content (AvgIpc) is 4.44. The Balaban J connectivity index is 1.03. The van der Waals surface area contributed by atoms with Gasteiger partial charge in [-0.15, -0.1) is 0 Å². The number of carbonyl (C=O) groups is 2. The summed E-state index contributed by atoms with van der Waals surface area (Å²) in [7, 11) is 0. The zero-order valence-electron chi connectivity index (χ0n) is 42.1. The number of phenols is 1. The fraction of sp³-hybridized carbons (Fsp3) is 0.533. The van der Waals surface area contributed by atoms with E-state index in [0.717, 1.165) is 112 Å². The Bertz CT molecular complexity index is 3480. The number of aromatic amines is 2. The molecule has 17 rings (SSSR count). The van der Waals surface area contributed by atoms with Gasteiger partial charge in [0.15, 0.2) is 17.5 Å². The van der Waals surface area contributed by atoms with Crippen molar-refractivity contribution in [1.82, 2.24) is 19.9 Å². The van der Waals surface area contributed by atoms with Crippen LogP contribution in [0.5, 0.6) is 11.5 Å². The normalized spacial score (nSPS) is 38.4. The molecule has 15 heteroatoms. The summed E-state index contributed by atoms with van der Waals surface area (Å²) in [5, 5.41) is 82.5. The van der Waals surface area contributed by atoms with Crippen molar-refractivity contribution in [2.45, 2.75) is 169 Å². The zero-order chi connectivity index (χ0) is 50.9. The highest BCUT2D eigenvalue weighted by atomic mass is 16.7. The minimum atomic E-state index is -2.44. The van der Waals surface area contributed by atoms with E-state index in [1.165, 1.54) is 6.07 Å². The first-order valence-electron chi connectivity index (χ1n) is 27.9. The Kier molecular flexibility index (Phi) is 9.02. The molecule has 9 N–H and O–H groups in total. The molecule has 4 saturated carbocycles.